The van der Waals surface area contributed by atoms with Crippen LogP contribution in [0.1, 0.15) is 10.4 Å². The second-order valence-corrected chi connectivity index (χ2v) is 11.3. The Hall–Kier alpha value is -0.803. The Balaban J connectivity index is 0.000000292. The lowest BCUT2D eigenvalue weighted by atomic mass is 10.2. The van der Waals surface area contributed by atoms with E-state index in [0.29, 0.717) is 5.56 Å². The summed E-state index contributed by atoms with van der Waals surface area (Å²) in [5.74, 6) is 0.181. The van der Waals surface area contributed by atoms with Crippen molar-refractivity contribution in [3.8, 4) is 5.75 Å². The molecule has 0 radical (unpaired) electrons. The number of halogens is 1. The minimum absolute atomic E-state index is 0.181. The molecule has 0 spiro atoms. The van der Waals surface area contributed by atoms with Gasteiger partial charge in [0.15, 0.2) is 0 Å². The van der Waals surface area contributed by atoms with Gasteiger partial charge in [-0.25, -0.2) is 0 Å². The van der Waals surface area contributed by atoms with Gasteiger partial charge in [-0.05, 0) is 24.3 Å². The van der Waals surface area contributed by atoms with Crippen LogP contribution in [-0.2, 0) is 0 Å². The fourth-order valence-electron chi connectivity index (χ4n) is 0.553. The van der Waals surface area contributed by atoms with Gasteiger partial charge in [0.05, 0.1) is 0 Å². The molecule has 14 heavy (non-hydrogen) atoms. The topological polar surface area (TPSA) is 37.3 Å². The summed E-state index contributed by atoms with van der Waals surface area (Å²) < 4.78 is 0. The number of carbonyl (C=O) groups is 1. The molecule has 0 aliphatic carbocycles. The molecule has 1 aromatic rings. The molecule has 0 aliphatic heterocycles. The predicted octanol–water partition coefficient (Wildman–Crippen LogP) is 3.26. The van der Waals surface area contributed by atoms with E-state index < -0.39 is 7.38 Å². The molecule has 0 amide bonds. The molecule has 0 fully saturated rings. The Labute approximate surface area is 90.2 Å². The molecule has 1 rings (SSSR count). The summed E-state index contributed by atoms with van der Waals surface area (Å²) in [6, 6.07) is 6.07. The molecule has 4 heteroatoms. The van der Waals surface area contributed by atoms with E-state index in [2.05, 4.69) is 19.6 Å². The number of hydrogen-bond donors (Lipinski definition) is 1. The number of phenols is 1. The monoisotopic (exact) mass is 230 g/mol. The molecule has 78 valence electrons. The molecule has 2 nitrogen and oxygen atoms in total. The summed E-state index contributed by atoms with van der Waals surface area (Å²) in [5, 5.41) is 8.74. The number of aromatic hydroxyl groups is 1. The molecule has 0 aliphatic rings. The first kappa shape index (κ1) is 13.2. The number of benzene rings is 1. The van der Waals surface area contributed by atoms with Crippen molar-refractivity contribution < 1.29 is 9.90 Å². The molecule has 0 heterocycles. The average Bonchev–Trinajstić information content (AvgIpc) is 2.03. The lowest BCUT2D eigenvalue weighted by Gasteiger charge is -1.97. The highest BCUT2D eigenvalue weighted by Crippen LogP contribution is 2.07. The Morgan fingerprint density at radius 1 is 1.21 bits per heavy atom. The zero-order chi connectivity index (χ0) is 11.2. The molecular formula is C10H15ClO2Si. The van der Waals surface area contributed by atoms with Crippen LogP contribution in [0.5, 0.6) is 5.75 Å². The maximum absolute atomic E-state index is 10.0. The van der Waals surface area contributed by atoms with Gasteiger partial charge in [-0.2, -0.15) is 11.1 Å². The van der Waals surface area contributed by atoms with Crippen LogP contribution >= 0.6 is 11.1 Å². The second-order valence-electron chi connectivity index (χ2n) is 3.78. The Morgan fingerprint density at radius 3 is 1.86 bits per heavy atom. The van der Waals surface area contributed by atoms with E-state index in [4.69, 9.17) is 16.2 Å². The SMILES string of the molecule is C[Si](C)(C)Cl.O=Cc1ccc(O)cc1. The van der Waals surface area contributed by atoms with Gasteiger partial charge in [0, 0.05) is 5.56 Å². The Bertz CT molecular complexity index is 271. The standard InChI is InChI=1S/C7H6O2.C3H9ClSi/c8-5-6-1-3-7(9)4-2-6;1-5(2,3)4/h1-5,9H;1-3H3. The molecule has 0 saturated heterocycles. The second kappa shape index (κ2) is 5.83. The molecular weight excluding hydrogens is 216 g/mol. The van der Waals surface area contributed by atoms with E-state index in [0.717, 1.165) is 6.29 Å². The molecule has 0 unspecified atom stereocenters. The summed E-state index contributed by atoms with van der Waals surface area (Å²) in [6.07, 6.45) is 0.736. The van der Waals surface area contributed by atoms with E-state index in [9.17, 15) is 4.79 Å². The van der Waals surface area contributed by atoms with Crippen LogP contribution in [0.3, 0.4) is 0 Å². The number of hydrogen-bond acceptors (Lipinski definition) is 2. The van der Waals surface area contributed by atoms with Crippen molar-refractivity contribution in [2.24, 2.45) is 0 Å². The van der Waals surface area contributed by atoms with Crippen LogP contribution in [0.15, 0.2) is 24.3 Å². The first-order valence-corrected chi connectivity index (χ1v) is 8.77. The van der Waals surface area contributed by atoms with Crippen LogP contribution < -0.4 is 0 Å². The van der Waals surface area contributed by atoms with Crippen LogP contribution in [-0.4, -0.2) is 18.8 Å². The highest BCUT2D eigenvalue weighted by molar-refractivity contribution is 7.18. The van der Waals surface area contributed by atoms with Crippen LogP contribution in [0, 0.1) is 0 Å². The maximum atomic E-state index is 10.0. The van der Waals surface area contributed by atoms with Crippen molar-refractivity contribution in [3.63, 3.8) is 0 Å². The third-order valence-electron chi connectivity index (χ3n) is 1.03. The summed E-state index contributed by atoms with van der Waals surface area (Å²) in [6.45, 7) is 6.28. The van der Waals surface area contributed by atoms with E-state index in [1.54, 1.807) is 12.1 Å². The van der Waals surface area contributed by atoms with Gasteiger partial charge < -0.3 is 5.11 Å². The van der Waals surface area contributed by atoms with Crippen molar-refractivity contribution in [3.05, 3.63) is 29.8 Å². The Kier molecular flexibility index (Phi) is 5.49. The first-order valence-electron chi connectivity index (χ1n) is 4.26. The summed E-state index contributed by atoms with van der Waals surface area (Å²) >= 11 is 5.67. The number of carbonyl (C=O) groups excluding carboxylic acids is 1. The third kappa shape index (κ3) is 9.29. The molecule has 0 atom stereocenters. The van der Waals surface area contributed by atoms with Gasteiger partial charge in [-0.3, -0.25) is 4.79 Å². The van der Waals surface area contributed by atoms with Crippen LogP contribution in [0.25, 0.3) is 0 Å². The zero-order valence-electron chi connectivity index (χ0n) is 8.62. The lowest BCUT2D eigenvalue weighted by Crippen LogP contribution is -2.06. The normalized spacial score (nSPS) is 10.0. The van der Waals surface area contributed by atoms with Gasteiger partial charge in [-0.1, -0.05) is 19.6 Å². The Morgan fingerprint density at radius 2 is 1.57 bits per heavy atom. The fraction of sp³-hybridized carbons (Fsp3) is 0.300. The van der Waals surface area contributed by atoms with Crippen LogP contribution in [0.4, 0.5) is 0 Å². The fourth-order valence-corrected chi connectivity index (χ4v) is 0.553. The minimum Gasteiger partial charge on any atom is -0.508 e. The van der Waals surface area contributed by atoms with Gasteiger partial charge in [0.1, 0.15) is 19.4 Å². The summed E-state index contributed by atoms with van der Waals surface area (Å²) in [4.78, 5) is 10.0. The van der Waals surface area contributed by atoms with Crippen molar-refractivity contribution in [2.45, 2.75) is 19.6 Å². The van der Waals surface area contributed by atoms with Crippen molar-refractivity contribution in [1.29, 1.82) is 0 Å². The van der Waals surface area contributed by atoms with Crippen molar-refractivity contribution in [1.82, 2.24) is 0 Å². The summed E-state index contributed by atoms with van der Waals surface area (Å²) in [7, 11) is -1.14. The molecule has 0 aromatic heterocycles. The highest BCUT2D eigenvalue weighted by Gasteiger charge is 2.04. The molecule has 1 N–H and O–H groups in total. The number of phenolic OH excluding ortho intramolecular Hbond substituents is 1. The smallest absolute Gasteiger partial charge is 0.150 e. The van der Waals surface area contributed by atoms with Gasteiger partial charge in [-0.15, -0.1) is 0 Å². The predicted molar refractivity (Wildman–Crippen MR) is 62.7 cm³/mol. The first-order chi connectivity index (χ1) is 6.33. The summed E-state index contributed by atoms with van der Waals surface area (Å²) in [5.41, 5.74) is 0.577. The molecule has 0 bridgehead atoms. The molecule has 1 aromatic carbocycles. The van der Waals surface area contributed by atoms with Crippen molar-refractivity contribution in [2.75, 3.05) is 0 Å². The van der Waals surface area contributed by atoms with E-state index >= 15 is 0 Å². The largest absolute Gasteiger partial charge is 0.508 e. The van der Waals surface area contributed by atoms with E-state index in [1.165, 1.54) is 12.1 Å². The van der Waals surface area contributed by atoms with E-state index in [-0.39, 0.29) is 5.75 Å². The van der Waals surface area contributed by atoms with Gasteiger partial charge >= 0.3 is 0 Å². The van der Waals surface area contributed by atoms with Crippen molar-refractivity contribution >= 4 is 24.7 Å². The maximum Gasteiger partial charge on any atom is 0.150 e. The van der Waals surface area contributed by atoms with Gasteiger partial charge in [0.25, 0.3) is 0 Å². The minimum atomic E-state index is -1.14. The van der Waals surface area contributed by atoms with Crippen LogP contribution in [0.2, 0.25) is 19.6 Å². The molecule has 0 saturated carbocycles. The number of rotatable bonds is 1. The van der Waals surface area contributed by atoms with Gasteiger partial charge in [0.2, 0.25) is 0 Å². The highest BCUT2D eigenvalue weighted by atomic mass is 35.6. The number of aldehydes is 1. The quantitative estimate of drug-likeness (QED) is 0.457. The van der Waals surface area contributed by atoms with E-state index in [1.807, 2.05) is 0 Å². The zero-order valence-corrected chi connectivity index (χ0v) is 10.4. The lowest BCUT2D eigenvalue weighted by molar-refractivity contribution is 0.112. The average molecular weight is 231 g/mol. The third-order valence-corrected chi connectivity index (χ3v) is 1.03.